The Kier molecular flexibility index (Phi) is 6.16. The van der Waals surface area contributed by atoms with Gasteiger partial charge in [-0.1, -0.05) is 36.8 Å². The molecule has 0 radical (unpaired) electrons. The lowest BCUT2D eigenvalue weighted by Crippen LogP contribution is -2.45. The van der Waals surface area contributed by atoms with E-state index >= 15 is 0 Å². The predicted molar refractivity (Wildman–Crippen MR) is 74.2 cm³/mol. The fourth-order valence-corrected chi connectivity index (χ4v) is 2.46. The molecule has 1 saturated heterocycles. The van der Waals surface area contributed by atoms with Crippen molar-refractivity contribution in [2.24, 2.45) is 0 Å². The van der Waals surface area contributed by atoms with Crippen LogP contribution >= 0.6 is 12.4 Å². The molecule has 100 valence electrons. The number of carbonyl (C=O) groups is 1. The molecule has 0 aliphatic carbocycles. The molecule has 1 aliphatic heterocycles. The van der Waals surface area contributed by atoms with Gasteiger partial charge in [-0.25, -0.2) is 0 Å². The van der Waals surface area contributed by atoms with E-state index in [0.717, 1.165) is 38.8 Å². The molecule has 4 heteroatoms. The molecule has 3 nitrogen and oxygen atoms in total. The SMILES string of the molecule is Cl.O=C(O)C1CCCCN1CCc1ccccc1. The number of hydrogen-bond donors (Lipinski definition) is 1. The van der Waals surface area contributed by atoms with Gasteiger partial charge in [-0.3, -0.25) is 9.69 Å². The number of aliphatic carboxylic acids is 1. The van der Waals surface area contributed by atoms with Gasteiger partial charge >= 0.3 is 5.97 Å². The molecular formula is C14H20ClNO2. The van der Waals surface area contributed by atoms with Gasteiger partial charge in [0.2, 0.25) is 0 Å². The molecule has 0 spiro atoms. The zero-order valence-electron chi connectivity index (χ0n) is 10.4. The number of halogens is 1. The summed E-state index contributed by atoms with van der Waals surface area (Å²) in [5, 5.41) is 9.16. The summed E-state index contributed by atoms with van der Waals surface area (Å²) in [7, 11) is 0. The maximum atomic E-state index is 11.1. The lowest BCUT2D eigenvalue weighted by Gasteiger charge is -2.32. The van der Waals surface area contributed by atoms with E-state index in [2.05, 4.69) is 17.0 Å². The first kappa shape index (κ1) is 15.0. The van der Waals surface area contributed by atoms with Gasteiger partial charge in [-0.2, -0.15) is 0 Å². The number of hydrogen-bond acceptors (Lipinski definition) is 2. The normalized spacial score (nSPS) is 20.1. The molecule has 1 aliphatic rings. The molecule has 1 unspecified atom stereocenters. The van der Waals surface area contributed by atoms with Crippen LogP contribution in [0, 0.1) is 0 Å². The third-order valence-corrected chi connectivity index (χ3v) is 3.43. The van der Waals surface area contributed by atoms with E-state index in [-0.39, 0.29) is 18.4 Å². The molecular weight excluding hydrogens is 250 g/mol. The highest BCUT2D eigenvalue weighted by atomic mass is 35.5. The number of benzene rings is 1. The van der Waals surface area contributed by atoms with E-state index in [1.165, 1.54) is 5.56 Å². The Morgan fingerprint density at radius 2 is 2.00 bits per heavy atom. The van der Waals surface area contributed by atoms with Gasteiger partial charge in [0, 0.05) is 6.54 Å². The predicted octanol–water partition coefficient (Wildman–Crippen LogP) is 2.59. The minimum Gasteiger partial charge on any atom is -0.480 e. The van der Waals surface area contributed by atoms with Gasteiger partial charge in [-0.15, -0.1) is 12.4 Å². The summed E-state index contributed by atoms with van der Waals surface area (Å²) in [5.41, 5.74) is 1.28. The van der Waals surface area contributed by atoms with Crippen molar-refractivity contribution in [3.8, 4) is 0 Å². The highest BCUT2D eigenvalue weighted by Gasteiger charge is 2.27. The Labute approximate surface area is 114 Å². The van der Waals surface area contributed by atoms with Crippen molar-refractivity contribution in [2.75, 3.05) is 13.1 Å². The molecule has 0 amide bonds. The van der Waals surface area contributed by atoms with Gasteiger partial charge in [0.1, 0.15) is 6.04 Å². The number of likely N-dealkylation sites (tertiary alicyclic amines) is 1. The fourth-order valence-electron chi connectivity index (χ4n) is 2.46. The summed E-state index contributed by atoms with van der Waals surface area (Å²) in [6.45, 7) is 1.77. The van der Waals surface area contributed by atoms with Crippen molar-refractivity contribution in [1.29, 1.82) is 0 Å². The summed E-state index contributed by atoms with van der Waals surface area (Å²) >= 11 is 0. The summed E-state index contributed by atoms with van der Waals surface area (Å²) in [6, 6.07) is 9.98. The van der Waals surface area contributed by atoms with Crippen molar-refractivity contribution >= 4 is 18.4 Å². The molecule has 1 aromatic rings. The number of carboxylic acids is 1. The lowest BCUT2D eigenvalue weighted by atomic mass is 10.0. The highest BCUT2D eigenvalue weighted by molar-refractivity contribution is 5.85. The molecule has 1 aromatic carbocycles. The number of rotatable bonds is 4. The van der Waals surface area contributed by atoms with Crippen LogP contribution in [0.5, 0.6) is 0 Å². The lowest BCUT2D eigenvalue weighted by molar-refractivity contribution is -0.144. The van der Waals surface area contributed by atoms with E-state index in [9.17, 15) is 4.79 Å². The van der Waals surface area contributed by atoms with Crippen LogP contribution in [-0.4, -0.2) is 35.1 Å². The Morgan fingerprint density at radius 3 is 2.67 bits per heavy atom. The van der Waals surface area contributed by atoms with Crippen molar-refractivity contribution in [2.45, 2.75) is 31.7 Å². The standard InChI is InChI=1S/C14H19NO2.ClH/c16-14(17)13-8-4-5-10-15(13)11-9-12-6-2-1-3-7-12;/h1-3,6-7,13H,4-5,8-11H2,(H,16,17);1H. The first-order chi connectivity index (χ1) is 8.27. The quantitative estimate of drug-likeness (QED) is 0.913. The molecule has 0 aromatic heterocycles. The molecule has 2 rings (SSSR count). The number of piperidine rings is 1. The van der Waals surface area contributed by atoms with Crippen LogP contribution in [0.1, 0.15) is 24.8 Å². The Hall–Kier alpha value is -1.06. The summed E-state index contributed by atoms with van der Waals surface area (Å²) in [4.78, 5) is 13.2. The summed E-state index contributed by atoms with van der Waals surface area (Å²) in [5.74, 6) is -0.669. The monoisotopic (exact) mass is 269 g/mol. The molecule has 1 fully saturated rings. The van der Waals surface area contributed by atoms with Crippen molar-refractivity contribution in [1.82, 2.24) is 4.90 Å². The maximum absolute atomic E-state index is 11.1. The van der Waals surface area contributed by atoms with Crippen LogP contribution in [0.15, 0.2) is 30.3 Å². The molecule has 1 heterocycles. The average Bonchev–Trinajstić information content (AvgIpc) is 2.38. The van der Waals surface area contributed by atoms with E-state index in [4.69, 9.17) is 5.11 Å². The van der Waals surface area contributed by atoms with Crippen LogP contribution in [0.2, 0.25) is 0 Å². The van der Waals surface area contributed by atoms with Gasteiger partial charge in [0.25, 0.3) is 0 Å². The summed E-state index contributed by atoms with van der Waals surface area (Å²) in [6.07, 6.45) is 3.89. The number of nitrogens with zero attached hydrogens (tertiary/aromatic N) is 1. The van der Waals surface area contributed by atoms with Gasteiger partial charge in [0.05, 0.1) is 0 Å². The maximum Gasteiger partial charge on any atom is 0.320 e. The number of carboxylic acid groups (broad SMARTS) is 1. The van der Waals surface area contributed by atoms with Crippen LogP contribution in [0.3, 0.4) is 0 Å². The molecule has 0 saturated carbocycles. The van der Waals surface area contributed by atoms with Crippen LogP contribution in [0.25, 0.3) is 0 Å². The van der Waals surface area contributed by atoms with Crippen molar-refractivity contribution in [3.63, 3.8) is 0 Å². The molecule has 18 heavy (non-hydrogen) atoms. The Morgan fingerprint density at radius 1 is 1.28 bits per heavy atom. The minimum absolute atomic E-state index is 0. The van der Waals surface area contributed by atoms with Crippen molar-refractivity contribution in [3.05, 3.63) is 35.9 Å². The minimum atomic E-state index is -0.669. The van der Waals surface area contributed by atoms with E-state index in [1.807, 2.05) is 18.2 Å². The molecule has 1 atom stereocenters. The second-order valence-electron chi connectivity index (χ2n) is 4.62. The summed E-state index contributed by atoms with van der Waals surface area (Å²) < 4.78 is 0. The van der Waals surface area contributed by atoms with E-state index in [0.29, 0.717) is 0 Å². The third kappa shape index (κ3) is 4.00. The second kappa shape index (κ2) is 7.39. The zero-order chi connectivity index (χ0) is 12.1. The van der Waals surface area contributed by atoms with E-state index in [1.54, 1.807) is 0 Å². The van der Waals surface area contributed by atoms with Crippen molar-refractivity contribution < 1.29 is 9.90 Å². The first-order valence-electron chi connectivity index (χ1n) is 6.28. The molecule has 1 N–H and O–H groups in total. The van der Waals surface area contributed by atoms with Gasteiger partial charge in [-0.05, 0) is 31.4 Å². The van der Waals surface area contributed by atoms with Crippen LogP contribution in [0.4, 0.5) is 0 Å². The zero-order valence-corrected chi connectivity index (χ0v) is 11.2. The van der Waals surface area contributed by atoms with Gasteiger partial charge in [0.15, 0.2) is 0 Å². The van der Waals surface area contributed by atoms with Gasteiger partial charge < -0.3 is 5.11 Å². The largest absolute Gasteiger partial charge is 0.480 e. The average molecular weight is 270 g/mol. The molecule has 0 bridgehead atoms. The Balaban J connectivity index is 0.00000162. The third-order valence-electron chi connectivity index (χ3n) is 3.43. The van der Waals surface area contributed by atoms with E-state index < -0.39 is 5.97 Å². The fraction of sp³-hybridized carbons (Fsp3) is 0.500. The second-order valence-corrected chi connectivity index (χ2v) is 4.62. The van der Waals surface area contributed by atoms with Crippen LogP contribution < -0.4 is 0 Å². The smallest absolute Gasteiger partial charge is 0.320 e. The van der Waals surface area contributed by atoms with Crippen LogP contribution in [-0.2, 0) is 11.2 Å². The Bertz CT molecular complexity index is 369. The topological polar surface area (TPSA) is 40.5 Å². The highest BCUT2D eigenvalue weighted by Crippen LogP contribution is 2.17. The first-order valence-corrected chi connectivity index (χ1v) is 6.28.